The van der Waals surface area contributed by atoms with Gasteiger partial charge in [0.25, 0.3) is 0 Å². The first-order valence-electron chi connectivity index (χ1n) is 5.53. The van der Waals surface area contributed by atoms with Gasteiger partial charge < -0.3 is 10.0 Å². The molecule has 3 nitrogen and oxygen atoms in total. The largest absolute Gasteiger partial charge is 0.391 e. The SMILES string of the molecule is Cc1nc(CC(O)C(C)(C)N(C)C)sc1C. The highest BCUT2D eigenvalue weighted by Gasteiger charge is 2.30. The number of aryl methyl sites for hydroxylation is 2. The normalized spacial score (nSPS) is 14.5. The van der Waals surface area contributed by atoms with Crippen LogP contribution in [0.4, 0.5) is 0 Å². The fourth-order valence-corrected chi connectivity index (χ4v) is 2.31. The Bertz CT molecular complexity index is 338. The summed E-state index contributed by atoms with van der Waals surface area (Å²) in [5, 5.41) is 11.3. The van der Waals surface area contributed by atoms with Crippen molar-refractivity contribution in [1.82, 2.24) is 9.88 Å². The van der Waals surface area contributed by atoms with Crippen molar-refractivity contribution in [2.75, 3.05) is 14.1 Å². The molecule has 1 atom stereocenters. The van der Waals surface area contributed by atoms with Crippen LogP contribution in [-0.4, -0.2) is 40.7 Å². The van der Waals surface area contributed by atoms with E-state index in [1.165, 1.54) is 4.88 Å². The molecule has 0 fully saturated rings. The molecular formula is C12H22N2OS. The third kappa shape index (κ3) is 2.81. The molecule has 0 aliphatic rings. The molecule has 1 N–H and O–H groups in total. The Kier molecular flexibility index (Phi) is 4.10. The van der Waals surface area contributed by atoms with Crippen molar-refractivity contribution >= 4 is 11.3 Å². The number of rotatable bonds is 4. The van der Waals surface area contributed by atoms with Crippen LogP contribution in [0, 0.1) is 13.8 Å². The van der Waals surface area contributed by atoms with E-state index >= 15 is 0 Å². The van der Waals surface area contributed by atoms with E-state index < -0.39 is 6.10 Å². The van der Waals surface area contributed by atoms with Crippen LogP contribution in [0.5, 0.6) is 0 Å². The minimum Gasteiger partial charge on any atom is -0.391 e. The predicted octanol–water partition coefficient (Wildman–Crippen LogP) is 2.00. The van der Waals surface area contributed by atoms with E-state index in [-0.39, 0.29) is 5.54 Å². The average molecular weight is 242 g/mol. The second kappa shape index (κ2) is 4.82. The van der Waals surface area contributed by atoms with Crippen LogP contribution in [0.3, 0.4) is 0 Å². The maximum Gasteiger partial charge on any atom is 0.0957 e. The molecule has 92 valence electrons. The fourth-order valence-electron chi connectivity index (χ4n) is 1.34. The van der Waals surface area contributed by atoms with E-state index in [1.807, 2.05) is 39.8 Å². The average Bonchev–Trinajstić information content (AvgIpc) is 2.45. The molecule has 0 aliphatic carbocycles. The Morgan fingerprint density at radius 1 is 1.38 bits per heavy atom. The summed E-state index contributed by atoms with van der Waals surface area (Å²) in [5.74, 6) is 0. The van der Waals surface area contributed by atoms with Crippen LogP contribution in [0.15, 0.2) is 0 Å². The number of thiazole rings is 1. The van der Waals surface area contributed by atoms with Gasteiger partial charge in [-0.15, -0.1) is 11.3 Å². The van der Waals surface area contributed by atoms with Crippen LogP contribution in [0.1, 0.15) is 29.4 Å². The predicted molar refractivity (Wildman–Crippen MR) is 69.1 cm³/mol. The van der Waals surface area contributed by atoms with Gasteiger partial charge in [0.1, 0.15) is 0 Å². The monoisotopic (exact) mass is 242 g/mol. The van der Waals surface area contributed by atoms with Gasteiger partial charge in [-0.05, 0) is 41.8 Å². The summed E-state index contributed by atoms with van der Waals surface area (Å²) in [6, 6.07) is 0. The fraction of sp³-hybridized carbons (Fsp3) is 0.750. The van der Waals surface area contributed by atoms with E-state index in [4.69, 9.17) is 0 Å². The van der Waals surface area contributed by atoms with Gasteiger partial charge in [0, 0.05) is 16.8 Å². The smallest absolute Gasteiger partial charge is 0.0957 e. The molecule has 1 aromatic rings. The Morgan fingerprint density at radius 2 is 1.94 bits per heavy atom. The lowest BCUT2D eigenvalue weighted by Gasteiger charge is -2.36. The topological polar surface area (TPSA) is 36.4 Å². The lowest BCUT2D eigenvalue weighted by Crippen LogP contribution is -2.49. The first-order valence-corrected chi connectivity index (χ1v) is 6.35. The zero-order valence-corrected chi connectivity index (χ0v) is 11.9. The molecule has 16 heavy (non-hydrogen) atoms. The molecule has 0 aliphatic heterocycles. The van der Waals surface area contributed by atoms with E-state index in [1.54, 1.807) is 11.3 Å². The number of aromatic nitrogens is 1. The molecule has 0 bridgehead atoms. The minimum absolute atomic E-state index is 0.229. The lowest BCUT2D eigenvalue weighted by atomic mass is 9.94. The zero-order valence-electron chi connectivity index (χ0n) is 11.0. The third-order valence-electron chi connectivity index (χ3n) is 3.41. The van der Waals surface area contributed by atoms with E-state index in [0.717, 1.165) is 10.7 Å². The highest BCUT2D eigenvalue weighted by atomic mass is 32.1. The summed E-state index contributed by atoms with van der Waals surface area (Å²) >= 11 is 1.68. The molecule has 1 heterocycles. The number of hydrogen-bond donors (Lipinski definition) is 1. The molecule has 0 radical (unpaired) electrons. The summed E-state index contributed by atoms with van der Waals surface area (Å²) in [7, 11) is 3.98. The highest BCUT2D eigenvalue weighted by molar-refractivity contribution is 7.11. The van der Waals surface area contributed by atoms with E-state index in [2.05, 4.69) is 11.9 Å². The van der Waals surface area contributed by atoms with Gasteiger partial charge in [0.2, 0.25) is 0 Å². The van der Waals surface area contributed by atoms with Gasteiger partial charge in [0.15, 0.2) is 0 Å². The van der Waals surface area contributed by atoms with Gasteiger partial charge >= 0.3 is 0 Å². The first kappa shape index (κ1) is 13.6. The summed E-state index contributed by atoms with van der Waals surface area (Å²) in [6.45, 7) is 8.18. The zero-order chi connectivity index (χ0) is 12.5. The van der Waals surface area contributed by atoms with Crippen molar-refractivity contribution in [3.63, 3.8) is 0 Å². The first-order chi connectivity index (χ1) is 7.25. The summed E-state index contributed by atoms with van der Waals surface area (Å²) < 4.78 is 0. The van der Waals surface area contributed by atoms with Gasteiger partial charge in [-0.2, -0.15) is 0 Å². The molecule has 1 aromatic heterocycles. The Labute approximate surface area is 102 Å². The number of nitrogens with zero attached hydrogens (tertiary/aromatic N) is 2. The Balaban J connectivity index is 2.74. The van der Waals surface area contributed by atoms with Gasteiger partial charge in [0.05, 0.1) is 16.8 Å². The van der Waals surface area contributed by atoms with Crippen molar-refractivity contribution in [3.05, 3.63) is 15.6 Å². The van der Waals surface area contributed by atoms with Crippen LogP contribution in [0.25, 0.3) is 0 Å². The van der Waals surface area contributed by atoms with Gasteiger partial charge in [-0.1, -0.05) is 0 Å². The maximum atomic E-state index is 10.2. The summed E-state index contributed by atoms with van der Waals surface area (Å²) in [5.41, 5.74) is 0.850. The van der Waals surface area contributed by atoms with Crippen LogP contribution in [-0.2, 0) is 6.42 Å². The standard InChI is InChI=1S/C12H22N2OS/c1-8-9(2)16-11(13-8)7-10(15)12(3,4)14(5)6/h10,15H,7H2,1-6H3. The molecule has 0 saturated carbocycles. The maximum absolute atomic E-state index is 10.2. The molecule has 0 amide bonds. The lowest BCUT2D eigenvalue weighted by molar-refractivity contribution is 0.0182. The molecule has 0 saturated heterocycles. The molecular weight excluding hydrogens is 220 g/mol. The number of aliphatic hydroxyl groups excluding tert-OH is 1. The molecule has 0 spiro atoms. The van der Waals surface area contributed by atoms with Crippen molar-refractivity contribution < 1.29 is 5.11 Å². The number of likely N-dealkylation sites (N-methyl/N-ethyl adjacent to an activating group) is 1. The van der Waals surface area contributed by atoms with Crippen molar-refractivity contribution in [3.8, 4) is 0 Å². The third-order valence-corrected chi connectivity index (χ3v) is 4.50. The van der Waals surface area contributed by atoms with Crippen LogP contribution in [0.2, 0.25) is 0 Å². The summed E-state index contributed by atoms with van der Waals surface area (Å²) in [6.07, 6.45) is 0.234. The second-order valence-corrected chi connectivity index (χ2v) is 6.30. The van der Waals surface area contributed by atoms with Crippen LogP contribution < -0.4 is 0 Å². The van der Waals surface area contributed by atoms with Crippen molar-refractivity contribution in [1.29, 1.82) is 0 Å². The van der Waals surface area contributed by atoms with Crippen molar-refractivity contribution in [2.24, 2.45) is 0 Å². The molecule has 1 rings (SSSR count). The molecule has 4 heteroatoms. The highest BCUT2D eigenvalue weighted by Crippen LogP contribution is 2.23. The second-order valence-electron chi connectivity index (χ2n) is 5.02. The Hall–Kier alpha value is -0.450. The number of aliphatic hydroxyl groups is 1. The number of hydrogen-bond acceptors (Lipinski definition) is 4. The molecule has 1 unspecified atom stereocenters. The minimum atomic E-state index is -0.396. The quantitative estimate of drug-likeness (QED) is 0.877. The van der Waals surface area contributed by atoms with Gasteiger partial charge in [-0.3, -0.25) is 0 Å². The summed E-state index contributed by atoms with van der Waals surface area (Å²) in [4.78, 5) is 7.75. The van der Waals surface area contributed by atoms with E-state index in [9.17, 15) is 5.11 Å². The molecule has 0 aromatic carbocycles. The Morgan fingerprint density at radius 3 is 2.31 bits per heavy atom. The van der Waals surface area contributed by atoms with Crippen molar-refractivity contribution in [2.45, 2.75) is 45.8 Å². The van der Waals surface area contributed by atoms with E-state index in [0.29, 0.717) is 6.42 Å². The van der Waals surface area contributed by atoms with Crippen LogP contribution >= 0.6 is 11.3 Å². The van der Waals surface area contributed by atoms with Gasteiger partial charge in [-0.25, -0.2) is 4.98 Å².